The second-order valence-corrected chi connectivity index (χ2v) is 8.00. The van der Waals surface area contributed by atoms with Crippen molar-refractivity contribution < 1.29 is 22.7 Å². The van der Waals surface area contributed by atoms with E-state index in [1.807, 2.05) is 31.2 Å². The van der Waals surface area contributed by atoms with E-state index in [1.54, 1.807) is 12.1 Å². The summed E-state index contributed by atoms with van der Waals surface area (Å²) < 4.78 is 42.0. The Balaban J connectivity index is 1.58. The third-order valence-electron chi connectivity index (χ3n) is 5.72. The van der Waals surface area contributed by atoms with Gasteiger partial charge in [-0.3, -0.25) is 9.69 Å². The number of piperidine rings is 1. The minimum absolute atomic E-state index is 0.0211. The molecule has 7 heteroatoms. The first-order chi connectivity index (χ1) is 14.2. The van der Waals surface area contributed by atoms with Gasteiger partial charge >= 0.3 is 6.36 Å². The Kier molecular flexibility index (Phi) is 6.71. The number of para-hydroxylation sites is 1. The van der Waals surface area contributed by atoms with Gasteiger partial charge in [0.1, 0.15) is 5.75 Å². The quantitative estimate of drug-likeness (QED) is 0.681. The van der Waals surface area contributed by atoms with Crippen molar-refractivity contribution in [2.75, 3.05) is 18.4 Å². The van der Waals surface area contributed by atoms with Gasteiger partial charge < -0.3 is 10.1 Å². The van der Waals surface area contributed by atoms with E-state index < -0.39 is 11.8 Å². The second kappa shape index (κ2) is 9.08. The molecule has 2 aromatic carbocycles. The number of hydrogen-bond donors (Lipinski definition) is 1. The van der Waals surface area contributed by atoms with Gasteiger partial charge in [-0.25, -0.2) is 0 Å². The highest BCUT2D eigenvalue weighted by atomic mass is 19.4. The molecule has 1 aliphatic heterocycles. The first kappa shape index (κ1) is 22.2. The molecule has 0 atom stereocenters. The van der Waals surface area contributed by atoms with Crippen LogP contribution in [0.2, 0.25) is 0 Å². The van der Waals surface area contributed by atoms with Gasteiger partial charge in [0.05, 0.1) is 0 Å². The van der Waals surface area contributed by atoms with E-state index in [1.165, 1.54) is 17.7 Å². The first-order valence-electron chi connectivity index (χ1n) is 10.1. The van der Waals surface area contributed by atoms with Crippen molar-refractivity contribution in [2.45, 2.75) is 46.0 Å². The average molecular weight is 420 g/mol. The summed E-state index contributed by atoms with van der Waals surface area (Å²) in [5.41, 5.74) is 1.96. The van der Waals surface area contributed by atoms with Crippen LogP contribution in [-0.2, 0) is 17.8 Å². The number of anilines is 1. The van der Waals surface area contributed by atoms with Gasteiger partial charge in [-0.15, -0.1) is 13.2 Å². The SMILES string of the molecule is CCc1ccc(NC(=O)C2(C)CCN(Cc3ccccc3OC(F)(F)F)CC2)cc1. The van der Waals surface area contributed by atoms with Crippen molar-refractivity contribution in [1.29, 1.82) is 0 Å². The maximum atomic E-state index is 12.8. The lowest BCUT2D eigenvalue weighted by Crippen LogP contribution is -2.44. The van der Waals surface area contributed by atoms with E-state index in [9.17, 15) is 18.0 Å². The summed E-state index contributed by atoms with van der Waals surface area (Å²) >= 11 is 0. The molecule has 30 heavy (non-hydrogen) atoms. The number of carbonyl (C=O) groups excluding carboxylic acids is 1. The summed E-state index contributed by atoms with van der Waals surface area (Å²) in [4.78, 5) is 14.9. The number of hydrogen-bond acceptors (Lipinski definition) is 3. The highest BCUT2D eigenvalue weighted by molar-refractivity contribution is 5.95. The number of halogens is 3. The van der Waals surface area contributed by atoms with E-state index in [0.717, 1.165) is 12.1 Å². The summed E-state index contributed by atoms with van der Waals surface area (Å²) in [7, 11) is 0. The molecule has 0 radical (unpaired) electrons. The number of aryl methyl sites for hydroxylation is 1. The van der Waals surface area contributed by atoms with E-state index in [0.29, 0.717) is 38.0 Å². The van der Waals surface area contributed by atoms with Crippen LogP contribution in [0, 0.1) is 5.41 Å². The standard InChI is InChI=1S/C23H27F3N2O2/c1-3-17-8-10-19(11-9-17)27-21(29)22(2)12-14-28(15-13-22)16-18-6-4-5-7-20(18)30-23(24,25)26/h4-11H,3,12-16H2,1-2H3,(H,27,29). The van der Waals surface area contributed by atoms with Crippen LogP contribution >= 0.6 is 0 Å². The zero-order valence-corrected chi connectivity index (χ0v) is 17.3. The first-order valence-corrected chi connectivity index (χ1v) is 10.1. The molecule has 1 heterocycles. The fourth-order valence-electron chi connectivity index (χ4n) is 3.64. The second-order valence-electron chi connectivity index (χ2n) is 8.00. The number of likely N-dealkylation sites (tertiary alicyclic amines) is 1. The molecule has 1 N–H and O–H groups in total. The Morgan fingerprint density at radius 2 is 1.73 bits per heavy atom. The van der Waals surface area contributed by atoms with Crippen LogP contribution in [0.3, 0.4) is 0 Å². The number of benzene rings is 2. The molecular weight excluding hydrogens is 393 g/mol. The fraction of sp³-hybridized carbons (Fsp3) is 0.435. The highest BCUT2D eigenvalue weighted by Crippen LogP contribution is 2.34. The molecule has 0 saturated carbocycles. The summed E-state index contributed by atoms with van der Waals surface area (Å²) in [5, 5.41) is 3.00. The van der Waals surface area contributed by atoms with E-state index in [-0.39, 0.29) is 11.7 Å². The Morgan fingerprint density at radius 3 is 2.33 bits per heavy atom. The number of amides is 1. The number of nitrogens with zero attached hydrogens (tertiary/aromatic N) is 1. The van der Waals surface area contributed by atoms with Gasteiger partial charge in [0.15, 0.2) is 0 Å². The molecule has 1 amide bonds. The molecule has 0 unspecified atom stereocenters. The molecule has 1 saturated heterocycles. The van der Waals surface area contributed by atoms with Crippen molar-refractivity contribution in [3.63, 3.8) is 0 Å². The van der Waals surface area contributed by atoms with Crippen LogP contribution in [0.15, 0.2) is 48.5 Å². The molecule has 4 nitrogen and oxygen atoms in total. The Hall–Kier alpha value is -2.54. The van der Waals surface area contributed by atoms with Crippen LogP contribution in [0.1, 0.15) is 37.8 Å². The smallest absolute Gasteiger partial charge is 0.405 e. The van der Waals surface area contributed by atoms with Crippen LogP contribution in [0.25, 0.3) is 0 Å². The molecular formula is C23H27F3N2O2. The Labute approximate surface area is 175 Å². The fourth-order valence-corrected chi connectivity index (χ4v) is 3.64. The van der Waals surface area contributed by atoms with E-state index in [2.05, 4.69) is 21.9 Å². The van der Waals surface area contributed by atoms with Crippen LogP contribution < -0.4 is 10.1 Å². The molecule has 2 aromatic rings. The van der Waals surface area contributed by atoms with Gasteiger partial charge in [-0.2, -0.15) is 0 Å². The van der Waals surface area contributed by atoms with E-state index in [4.69, 9.17) is 0 Å². The largest absolute Gasteiger partial charge is 0.573 e. The lowest BCUT2D eigenvalue weighted by Gasteiger charge is -2.38. The van der Waals surface area contributed by atoms with Crippen LogP contribution in [-0.4, -0.2) is 30.3 Å². The van der Waals surface area contributed by atoms with Crippen molar-refractivity contribution in [3.8, 4) is 5.75 Å². The minimum atomic E-state index is -4.72. The maximum Gasteiger partial charge on any atom is 0.573 e. The van der Waals surface area contributed by atoms with Crippen molar-refractivity contribution in [3.05, 3.63) is 59.7 Å². The number of carbonyl (C=O) groups is 1. The third kappa shape index (κ3) is 5.75. The molecule has 1 aliphatic rings. The number of alkyl halides is 3. The molecule has 1 fully saturated rings. The predicted molar refractivity (Wildman–Crippen MR) is 110 cm³/mol. The zero-order valence-electron chi connectivity index (χ0n) is 17.3. The molecule has 3 rings (SSSR count). The topological polar surface area (TPSA) is 41.6 Å². The molecule has 0 bridgehead atoms. The summed E-state index contributed by atoms with van der Waals surface area (Å²) in [6, 6.07) is 14.0. The number of ether oxygens (including phenoxy) is 1. The Morgan fingerprint density at radius 1 is 1.10 bits per heavy atom. The monoisotopic (exact) mass is 420 g/mol. The van der Waals surface area contributed by atoms with Crippen molar-refractivity contribution in [2.24, 2.45) is 5.41 Å². The zero-order chi connectivity index (χ0) is 21.8. The lowest BCUT2D eigenvalue weighted by atomic mass is 9.79. The van der Waals surface area contributed by atoms with Crippen LogP contribution in [0.4, 0.5) is 18.9 Å². The minimum Gasteiger partial charge on any atom is -0.405 e. The third-order valence-corrected chi connectivity index (χ3v) is 5.72. The van der Waals surface area contributed by atoms with Crippen molar-refractivity contribution >= 4 is 11.6 Å². The Bertz CT molecular complexity index is 857. The molecule has 162 valence electrons. The van der Waals surface area contributed by atoms with Crippen molar-refractivity contribution in [1.82, 2.24) is 4.90 Å². The molecule has 0 aromatic heterocycles. The van der Waals surface area contributed by atoms with Gasteiger partial charge in [0.25, 0.3) is 0 Å². The maximum absolute atomic E-state index is 12.8. The predicted octanol–water partition coefficient (Wildman–Crippen LogP) is 5.39. The summed E-state index contributed by atoms with van der Waals surface area (Å²) in [6.07, 6.45) is -2.51. The normalized spacial score (nSPS) is 16.8. The summed E-state index contributed by atoms with van der Waals surface area (Å²) in [5.74, 6) is -0.196. The van der Waals surface area contributed by atoms with Gasteiger partial charge in [0.2, 0.25) is 5.91 Å². The average Bonchev–Trinajstić information content (AvgIpc) is 2.71. The van der Waals surface area contributed by atoms with Gasteiger partial charge in [-0.05, 0) is 56.1 Å². The van der Waals surface area contributed by atoms with E-state index >= 15 is 0 Å². The van der Waals surface area contributed by atoms with Gasteiger partial charge in [-0.1, -0.05) is 44.2 Å². The lowest BCUT2D eigenvalue weighted by molar-refractivity contribution is -0.275. The van der Waals surface area contributed by atoms with Crippen LogP contribution in [0.5, 0.6) is 5.75 Å². The number of rotatable bonds is 6. The van der Waals surface area contributed by atoms with Gasteiger partial charge in [0, 0.05) is 23.2 Å². The summed E-state index contributed by atoms with van der Waals surface area (Å²) in [6.45, 7) is 5.62. The molecule has 0 aliphatic carbocycles. The molecule has 0 spiro atoms. The highest BCUT2D eigenvalue weighted by Gasteiger charge is 2.37. The number of nitrogens with one attached hydrogen (secondary N) is 1.